The molecular formula is C7H12N4. The van der Waals surface area contributed by atoms with Gasteiger partial charge in [0.15, 0.2) is 0 Å². The normalized spacial score (nSPS) is 28.9. The molecule has 1 aliphatic carbocycles. The van der Waals surface area contributed by atoms with Gasteiger partial charge in [0, 0.05) is 18.5 Å². The molecule has 0 aromatic carbocycles. The summed E-state index contributed by atoms with van der Waals surface area (Å²) >= 11 is 0. The van der Waals surface area contributed by atoms with Gasteiger partial charge in [0.25, 0.3) is 0 Å². The first-order valence-electron chi connectivity index (χ1n) is 3.96. The summed E-state index contributed by atoms with van der Waals surface area (Å²) in [5, 5.41) is 4.08. The van der Waals surface area contributed by atoms with Crippen LogP contribution in [0.2, 0.25) is 0 Å². The molecule has 0 amide bonds. The predicted octanol–water partition coefficient (Wildman–Crippen LogP) is 0.113. The first-order valence-corrected chi connectivity index (χ1v) is 3.96. The van der Waals surface area contributed by atoms with Gasteiger partial charge in [-0.25, -0.2) is 4.98 Å². The molecule has 0 unspecified atom stereocenters. The zero-order valence-corrected chi connectivity index (χ0v) is 6.57. The molecule has 0 radical (unpaired) electrons. The van der Waals surface area contributed by atoms with Crippen molar-refractivity contribution in [3.63, 3.8) is 0 Å². The minimum absolute atomic E-state index is 0.324. The molecule has 0 spiro atoms. The van der Waals surface area contributed by atoms with E-state index in [1.165, 1.54) is 0 Å². The van der Waals surface area contributed by atoms with E-state index in [0.717, 1.165) is 18.8 Å². The molecular weight excluding hydrogens is 140 g/mol. The van der Waals surface area contributed by atoms with Crippen LogP contribution in [0, 0.1) is 0 Å². The average molecular weight is 152 g/mol. The highest BCUT2D eigenvalue weighted by Gasteiger charge is 2.38. The number of hydrogen-bond acceptors (Lipinski definition) is 3. The highest BCUT2D eigenvalue weighted by atomic mass is 15.3. The van der Waals surface area contributed by atoms with Gasteiger partial charge in [-0.3, -0.25) is 4.68 Å². The fourth-order valence-corrected chi connectivity index (χ4v) is 1.32. The first kappa shape index (κ1) is 6.79. The Morgan fingerprint density at radius 1 is 1.82 bits per heavy atom. The second-order valence-corrected chi connectivity index (χ2v) is 2.94. The van der Waals surface area contributed by atoms with Crippen LogP contribution in [0.1, 0.15) is 25.1 Å². The lowest BCUT2D eigenvalue weighted by Gasteiger charge is -1.99. The van der Waals surface area contributed by atoms with Crippen molar-refractivity contribution in [2.75, 3.05) is 0 Å². The van der Waals surface area contributed by atoms with Crippen molar-refractivity contribution in [1.82, 2.24) is 14.8 Å². The lowest BCUT2D eigenvalue weighted by Crippen LogP contribution is -2.07. The molecule has 4 heteroatoms. The largest absolute Gasteiger partial charge is 0.327 e. The lowest BCUT2D eigenvalue weighted by atomic mass is 10.4. The van der Waals surface area contributed by atoms with E-state index in [4.69, 9.17) is 5.73 Å². The van der Waals surface area contributed by atoms with Crippen molar-refractivity contribution in [2.24, 2.45) is 5.73 Å². The SMILES string of the molecule is CCn1ncnc1[C@@H]1C[C@H]1N. The van der Waals surface area contributed by atoms with Gasteiger partial charge in [0.1, 0.15) is 12.2 Å². The first-order chi connectivity index (χ1) is 5.33. The summed E-state index contributed by atoms with van der Waals surface area (Å²) in [4.78, 5) is 4.17. The zero-order valence-electron chi connectivity index (χ0n) is 6.57. The second-order valence-electron chi connectivity index (χ2n) is 2.94. The molecule has 2 N–H and O–H groups in total. The molecule has 0 saturated heterocycles. The van der Waals surface area contributed by atoms with E-state index >= 15 is 0 Å². The van der Waals surface area contributed by atoms with Gasteiger partial charge >= 0.3 is 0 Å². The summed E-state index contributed by atoms with van der Waals surface area (Å²) in [5.41, 5.74) is 5.70. The number of nitrogens with two attached hydrogens (primary N) is 1. The maximum Gasteiger partial charge on any atom is 0.138 e. The molecule has 4 nitrogen and oxygen atoms in total. The van der Waals surface area contributed by atoms with E-state index in [-0.39, 0.29) is 0 Å². The van der Waals surface area contributed by atoms with Crippen molar-refractivity contribution >= 4 is 0 Å². The Kier molecular flexibility index (Phi) is 1.42. The Morgan fingerprint density at radius 2 is 2.55 bits per heavy atom. The highest BCUT2D eigenvalue weighted by molar-refractivity contribution is 5.12. The summed E-state index contributed by atoms with van der Waals surface area (Å²) in [5.74, 6) is 1.53. The van der Waals surface area contributed by atoms with E-state index in [2.05, 4.69) is 17.0 Å². The van der Waals surface area contributed by atoms with Crippen LogP contribution in [0.15, 0.2) is 6.33 Å². The van der Waals surface area contributed by atoms with Gasteiger partial charge in [0.05, 0.1) is 0 Å². The summed E-state index contributed by atoms with van der Waals surface area (Å²) in [6.07, 6.45) is 2.67. The van der Waals surface area contributed by atoms with Crippen molar-refractivity contribution in [3.8, 4) is 0 Å². The number of nitrogens with zero attached hydrogens (tertiary/aromatic N) is 3. The van der Waals surface area contributed by atoms with Gasteiger partial charge < -0.3 is 5.73 Å². The Labute approximate surface area is 65.4 Å². The minimum atomic E-state index is 0.324. The summed E-state index contributed by atoms with van der Waals surface area (Å²) in [7, 11) is 0. The van der Waals surface area contributed by atoms with Crippen LogP contribution < -0.4 is 5.73 Å². The Hall–Kier alpha value is -0.900. The minimum Gasteiger partial charge on any atom is -0.327 e. The summed E-state index contributed by atoms with van der Waals surface area (Å²) < 4.78 is 1.91. The maximum atomic E-state index is 5.70. The van der Waals surface area contributed by atoms with Crippen LogP contribution in [-0.4, -0.2) is 20.8 Å². The molecule has 60 valence electrons. The number of hydrogen-bond donors (Lipinski definition) is 1. The van der Waals surface area contributed by atoms with E-state index in [1.54, 1.807) is 6.33 Å². The van der Waals surface area contributed by atoms with Crippen LogP contribution in [0.25, 0.3) is 0 Å². The van der Waals surface area contributed by atoms with Gasteiger partial charge in [-0.15, -0.1) is 0 Å². The summed E-state index contributed by atoms with van der Waals surface area (Å²) in [6, 6.07) is 0.324. The molecule has 1 aliphatic rings. The quantitative estimate of drug-likeness (QED) is 0.654. The monoisotopic (exact) mass is 152 g/mol. The van der Waals surface area contributed by atoms with E-state index < -0.39 is 0 Å². The number of aromatic nitrogens is 3. The smallest absolute Gasteiger partial charge is 0.138 e. The molecule has 11 heavy (non-hydrogen) atoms. The van der Waals surface area contributed by atoms with Gasteiger partial charge in [-0.1, -0.05) is 0 Å². The maximum absolute atomic E-state index is 5.70. The summed E-state index contributed by atoms with van der Waals surface area (Å²) in [6.45, 7) is 2.95. The number of aryl methyl sites for hydroxylation is 1. The second kappa shape index (κ2) is 2.30. The van der Waals surface area contributed by atoms with Crippen molar-refractivity contribution in [1.29, 1.82) is 0 Å². The van der Waals surface area contributed by atoms with Gasteiger partial charge in [0.2, 0.25) is 0 Å². The van der Waals surface area contributed by atoms with Gasteiger partial charge in [-0.05, 0) is 13.3 Å². The topological polar surface area (TPSA) is 56.7 Å². The lowest BCUT2D eigenvalue weighted by molar-refractivity contribution is 0.613. The predicted molar refractivity (Wildman–Crippen MR) is 41.0 cm³/mol. The molecule has 1 fully saturated rings. The Morgan fingerprint density at radius 3 is 3.09 bits per heavy atom. The van der Waals surface area contributed by atoms with E-state index in [1.807, 2.05) is 4.68 Å². The third kappa shape index (κ3) is 1.03. The van der Waals surface area contributed by atoms with E-state index in [9.17, 15) is 0 Å². The van der Waals surface area contributed by atoms with Crippen molar-refractivity contribution in [3.05, 3.63) is 12.2 Å². The average Bonchev–Trinajstić information content (AvgIpc) is 2.58. The van der Waals surface area contributed by atoms with Crippen LogP contribution in [0.3, 0.4) is 0 Å². The number of rotatable bonds is 2. The highest BCUT2D eigenvalue weighted by Crippen LogP contribution is 2.37. The molecule has 1 heterocycles. The van der Waals surface area contributed by atoms with Crippen LogP contribution >= 0.6 is 0 Å². The fraction of sp³-hybridized carbons (Fsp3) is 0.714. The zero-order chi connectivity index (χ0) is 7.84. The van der Waals surface area contributed by atoms with E-state index in [0.29, 0.717) is 12.0 Å². The van der Waals surface area contributed by atoms with Gasteiger partial charge in [-0.2, -0.15) is 5.10 Å². The third-order valence-corrected chi connectivity index (χ3v) is 2.12. The Balaban J connectivity index is 2.23. The van der Waals surface area contributed by atoms with Crippen molar-refractivity contribution < 1.29 is 0 Å². The molecule has 1 aromatic heterocycles. The standard InChI is InChI=1S/C7H12N4/c1-2-11-7(9-4-10-11)5-3-6(5)8/h4-6H,2-3,8H2,1H3/t5-,6-/m1/s1. The van der Waals surface area contributed by atoms with Crippen LogP contribution in [0.4, 0.5) is 0 Å². The van der Waals surface area contributed by atoms with Crippen LogP contribution in [-0.2, 0) is 6.54 Å². The van der Waals surface area contributed by atoms with Crippen LogP contribution in [0.5, 0.6) is 0 Å². The molecule has 0 aliphatic heterocycles. The third-order valence-electron chi connectivity index (χ3n) is 2.12. The Bertz CT molecular complexity index is 255. The fourth-order valence-electron chi connectivity index (χ4n) is 1.32. The molecule has 2 atom stereocenters. The molecule has 1 saturated carbocycles. The van der Waals surface area contributed by atoms with Crippen molar-refractivity contribution in [2.45, 2.75) is 31.8 Å². The molecule has 2 rings (SSSR count). The molecule has 1 aromatic rings. The molecule has 0 bridgehead atoms.